The van der Waals surface area contributed by atoms with E-state index in [2.05, 4.69) is 21.2 Å². The van der Waals surface area contributed by atoms with Gasteiger partial charge in [0.15, 0.2) is 0 Å². The summed E-state index contributed by atoms with van der Waals surface area (Å²) in [6.07, 6.45) is 1.31. The second-order valence-electron chi connectivity index (χ2n) is 5.15. The molecular weight excluding hydrogens is 412 g/mol. The molecule has 4 amide bonds. The number of imide groups is 2. The fourth-order valence-electron chi connectivity index (χ4n) is 2.26. The third-order valence-electron chi connectivity index (χ3n) is 3.47. The van der Waals surface area contributed by atoms with Crippen LogP contribution in [0.2, 0.25) is 5.02 Å². The molecule has 2 aromatic rings. The molecule has 3 rings (SSSR count). The molecule has 126 valence electrons. The topological polar surface area (TPSA) is 86.7 Å². The Kier molecular flexibility index (Phi) is 4.61. The highest BCUT2D eigenvalue weighted by Gasteiger charge is 2.36. The molecule has 0 atom stereocenters. The third kappa shape index (κ3) is 3.42. The van der Waals surface area contributed by atoms with Gasteiger partial charge in [0.2, 0.25) is 0 Å². The molecule has 1 aliphatic heterocycles. The number of phenols is 1. The maximum atomic E-state index is 12.7. The molecule has 1 aliphatic rings. The average Bonchev–Trinajstić information content (AvgIpc) is 2.56. The Hall–Kier alpha value is -2.64. The molecule has 25 heavy (non-hydrogen) atoms. The lowest BCUT2D eigenvalue weighted by Gasteiger charge is -2.26. The van der Waals surface area contributed by atoms with Crippen LogP contribution in [0.3, 0.4) is 0 Å². The van der Waals surface area contributed by atoms with Crippen LogP contribution >= 0.6 is 27.5 Å². The largest absolute Gasteiger partial charge is 0.506 e. The molecule has 0 unspecified atom stereocenters. The van der Waals surface area contributed by atoms with Crippen molar-refractivity contribution in [2.75, 3.05) is 4.90 Å². The first kappa shape index (κ1) is 17.2. The van der Waals surface area contributed by atoms with Gasteiger partial charge >= 0.3 is 6.03 Å². The van der Waals surface area contributed by atoms with E-state index >= 15 is 0 Å². The lowest BCUT2D eigenvalue weighted by molar-refractivity contribution is -0.122. The number of carbonyl (C=O) groups excluding carboxylic acids is 3. The van der Waals surface area contributed by atoms with Crippen LogP contribution in [0.5, 0.6) is 5.75 Å². The van der Waals surface area contributed by atoms with Gasteiger partial charge in [-0.25, -0.2) is 9.69 Å². The van der Waals surface area contributed by atoms with Crippen molar-refractivity contribution >= 4 is 57.1 Å². The van der Waals surface area contributed by atoms with E-state index in [1.54, 1.807) is 24.3 Å². The van der Waals surface area contributed by atoms with E-state index in [0.717, 1.165) is 9.37 Å². The summed E-state index contributed by atoms with van der Waals surface area (Å²) in [6, 6.07) is 9.93. The van der Waals surface area contributed by atoms with Crippen LogP contribution in [0, 0.1) is 0 Å². The first-order valence-corrected chi connectivity index (χ1v) is 8.19. The maximum Gasteiger partial charge on any atom is 0.335 e. The Morgan fingerprint density at radius 3 is 2.40 bits per heavy atom. The lowest BCUT2D eigenvalue weighted by atomic mass is 10.1. The molecule has 0 bridgehead atoms. The summed E-state index contributed by atoms with van der Waals surface area (Å²) in [5.41, 5.74) is 0.545. The van der Waals surface area contributed by atoms with E-state index in [9.17, 15) is 19.5 Å². The Morgan fingerprint density at radius 1 is 1.08 bits per heavy atom. The molecule has 8 heteroatoms. The number of amides is 4. The molecular formula is C17H10BrClN2O4. The molecule has 1 heterocycles. The molecule has 0 aromatic heterocycles. The molecule has 0 spiro atoms. The van der Waals surface area contributed by atoms with E-state index < -0.39 is 17.8 Å². The zero-order valence-corrected chi connectivity index (χ0v) is 14.8. The normalized spacial score (nSPS) is 16.3. The van der Waals surface area contributed by atoms with Gasteiger partial charge in [-0.05, 0) is 48.0 Å². The number of nitrogens with one attached hydrogen (secondary N) is 1. The molecule has 2 N–H and O–H groups in total. The van der Waals surface area contributed by atoms with Gasteiger partial charge < -0.3 is 5.11 Å². The summed E-state index contributed by atoms with van der Waals surface area (Å²) in [4.78, 5) is 37.7. The molecule has 1 fully saturated rings. The average molecular weight is 422 g/mol. The fourth-order valence-corrected chi connectivity index (χ4v) is 2.72. The number of phenolic OH excluding ortho intramolecular Hbond substituents is 1. The number of urea groups is 1. The predicted molar refractivity (Wildman–Crippen MR) is 96.3 cm³/mol. The van der Waals surface area contributed by atoms with Gasteiger partial charge in [0.25, 0.3) is 11.8 Å². The van der Waals surface area contributed by atoms with Gasteiger partial charge in [0, 0.05) is 4.47 Å². The SMILES string of the molecule is O=C1NC(=O)N(c2ccc(Br)cc2)C(=O)/C1=C\c1ccc(O)c(Cl)c1. The van der Waals surface area contributed by atoms with Crippen molar-refractivity contribution in [3.8, 4) is 5.75 Å². The molecule has 0 saturated carbocycles. The molecule has 2 aromatic carbocycles. The van der Waals surface area contributed by atoms with E-state index in [0.29, 0.717) is 11.3 Å². The number of carbonyl (C=O) groups is 3. The number of halogens is 2. The molecule has 1 saturated heterocycles. The van der Waals surface area contributed by atoms with Crippen LogP contribution in [-0.4, -0.2) is 23.0 Å². The fraction of sp³-hybridized carbons (Fsp3) is 0. The summed E-state index contributed by atoms with van der Waals surface area (Å²) in [5.74, 6) is -1.66. The minimum Gasteiger partial charge on any atom is -0.506 e. The third-order valence-corrected chi connectivity index (χ3v) is 4.30. The van der Waals surface area contributed by atoms with Crippen molar-refractivity contribution in [2.24, 2.45) is 0 Å². The first-order chi connectivity index (χ1) is 11.9. The van der Waals surface area contributed by atoms with Crippen LogP contribution in [-0.2, 0) is 9.59 Å². The van der Waals surface area contributed by atoms with Crippen molar-refractivity contribution in [3.63, 3.8) is 0 Å². The van der Waals surface area contributed by atoms with Gasteiger partial charge in [-0.15, -0.1) is 0 Å². The van der Waals surface area contributed by atoms with E-state index in [-0.39, 0.29) is 16.3 Å². The predicted octanol–water partition coefficient (Wildman–Crippen LogP) is 3.47. The van der Waals surface area contributed by atoms with E-state index in [4.69, 9.17) is 11.6 Å². The van der Waals surface area contributed by atoms with Crippen LogP contribution in [0.15, 0.2) is 52.5 Å². The molecule has 0 aliphatic carbocycles. The van der Waals surface area contributed by atoms with Crippen LogP contribution in [0.1, 0.15) is 5.56 Å². The van der Waals surface area contributed by atoms with Crippen LogP contribution < -0.4 is 10.2 Å². The Bertz CT molecular complexity index is 925. The van der Waals surface area contributed by atoms with Gasteiger partial charge in [0.05, 0.1) is 10.7 Å². The molecule has 6 nitrogen and oxygen atoms in total. The number of barbiturate groups is 1. The number of aromatic hydroxyl groups is 1. The van der Waals surface area contributed by atoms with Gasteiger partial charge in [-0.3, -0.25) is 14.9 Å². The van der Waals surface area contributed by atoms with Gasteiger partial charge in [-0.2, -0.15) is 0 Å². The lowest BCUT2D eigenvalue weighted by Crippen LogP contribution is -2.54. The second kappa shape index (κ2) is 6.70. The first-order valence-electron chi connectivity index (χ1n) is 7.02. The number of benzene rings is 2. The highest BCUT2D eigenvalue weighted by atomic mass is 79.9. The molecule has 0 radical (unpaired) electrons. The van der Waals surface area contributed by atoms with E-state index in [1.807, 2.05) is 0 Å². The van der Waals surface area contributed by atoms with Crippen LogP contribution in [0.25, 0.3) is 6.08 Å². The summed E-state index contributed by atoms with van der Waals surface area (Å²) < 4.78 is 0.784. The zero-order chi connectivity index (χ0) is 18.1. The number of hydrogen-bond acceptors (Lipinski definition) is 4. The van der Waals surface area contributed by atoms with Crippen molar-refractivity contribution in [1.29, 1.82) is 0 Å². The quantitative estimate of drug-likeness (QED) is 0.574. The standard InChI is InChI=1S/C17H10BrClN2O4/c18-10-2-4-11(5-3-10)21-16(24)12(15(23)20-17(21)25)7-9-1-6-14(22)13(19)8-9/h1-8,22H,(H,20,23,25)/b12-7-. The highest BCUT2D eigenvalue weighted by Crippen LogP contribution is 2.27. The monoisotopic (exact) mass is 420 g/mol. The zero-order valence-electron chi connectivity index (χ0n) is 12.5. The Balaban J connectivity index is 2.01. The van der Waals surface area contributed by atoms with Crippen molar-refractivity contribution in [2.45, 2.75) is 0 Å². The van der Waals surface area contributed by atoms with Crippen LogP contribution in [0.4, 0.5) is 10.5 Å². The van der Waals surface area contributed by atoms with Crippen molar-refractivity contribution in [3.05, 3.63) is 63.1 Å². The second-order valence-corrected chi connectivity index (χ2v) is 6.47. The minimum absolute atomic E-state index is 0.0823. The van der Waals surface area contributed by atoms with Crippen molar-refractivity contribution in [1.82, 2.24) is 5.32 Å². The van der Waals surface area contributed by atoms with E-state index in [1.165, 1.54) is 24.3 Å². The summed E-state index contributed by atoms with van der Waals surface area (Å²) in [7, 11) is 0. The summed E-state index contributed by atoms with van der Waals surface area (Å²) >= 11 is 9.11. The number of rotatable bonds is 2. The smallest absolute Gasteiger partial charge is 0.335 e. The summed E-state index contributed by atoms with van der Waals surface area (Å²) in [6.45, 7) is 0. The Labute approximate surface area is 155 Å². The van der Waals surface area contributed by atoms with Crippen molar-refractivity contribution < 1.29 is 19.5 Å². The summed E-state index contributed by atoms with van der Waals surface area (Å²) in [5, 5.41) is 11.7. The highest BCUT2D eigenvalue weighted by molar-refractivity contribution is 9.10. The van der Waals surface area contributed by atoms with Gasteiger partial charge in [-0.1, -0.05) is 33.6 Å². The number of hydrogen-bond donors (Lipinski definition) is 2. The number of anilines is 1. The maximum absolute atomic E-state index is 12.7. The van der Waals surface area contributed by atoms with Gasteiger partial charge in [0.1, 0.15) is 11.3 Å². The Morgan fingerprint density at radius 2 is 1.76 bits per heavy atom. The number of nitrogens with zero attached hydrogens (tertiary/aromatic N) is 1. The minimum atomic E-state index is -0.821.